The van der Waals surface area contributed by atoms with E-state index in [1.165, 1.54) is 28.2 Å². The molecule has 118 valence electrons. The van der Waals surface area contributed by atoms with Crippen molar-refractivity contribution in [3.05, 3.63) is 108 Å². The molecule has 1 heteroatoms. The van der Waals surface area contributed by atoms with E-state index in [2.05, 4.69) is 103 Å². The van der Waals surface area contributed by atoms with Gasteiger partial charge >= 0.3 is 0 Å². The second-order valence-corrected chi connectivity index (χ2v) is 8.00. The maximum atomic E-state index is 2.34. The van der Waals surface area contributed by atoms with Gasteiger partial charge in [0.15, 0.2) is 0 Å². The summed E-state index contributed by atoms with van der Waals surface area (Å²) in [6.45, 7) is 0. The van der Waals surface area contributed by atoms with Crippen LogP contribution in [0.5, 0.6) is 0 Å². The third kappa shape index (κ3) is 1.71. The predicted octanol–water partition coefficient (Wildman–Crippen LogP) is 5.41. The SMILES string of the molecule is c1ccc(C2C3(c4ccccc4)CSCC23c2ccccc2)cc1. The van der Waals surface area contributed by atoms with Crippen molar-refractivity contribution in [3.8, 4) is 0 Å². The minimum atomic E-state index is 0.238. The van der Waals surface area contributed by atoms with Crippen LogP contribution in [0.4, 0.5) is 0 Å². The zero-order chi connectivity index (χ0) is 16.0. The minimum Gasteiger partial charge on any atom is -0.160 e. The predicted molar refractivity (Wildman–Crippen MR) is 103 cm³/mol. The lowest BCUT2D eigenvalue weighted by atomic mass is 9.84. The Balaban J connectivity index is 1.74. The van der Waals surface area contributed by atoms with E-state index in [4.69, 9.17) is 0 Å². The van der Waals surface area contributed by atoms with Crippen molar-refractivity contribution in [1.29, 1.82) is 0 Å². The Kier molecular flexibility index (Phi) is 3.14. The Bertz CT molecular complexity index is 789. The molecule has 5 rings (SSSR count). The average Bonchev–Trinajstić information content (AvgIpc) is 3.08. The van der Waals surface area contributed by atoms with Crippen molar-refractivity contribution < 1.29 is 0 Å². The van der Waals surface area contributed by atoms with Gasteiger partial charge in [-0.1, -0.05) is 91.0 Å². The fourth-order valence-corrected chi connectivity index (χ4v) is 7.03. The molecule has 2 atom stereocenters. The second kappa shape index (κ2) is 5.26. The molecule has 24 heavy (non-hydrogen) atoms. The largest absolute Gasteiger partial charge is 0.160 e. The van der Waals surface area contributed by atoms with Gasteiger partial charge in [-0.25, -0.2) is 0 Å². The zero-order valence-corrected chi connectivity index (χ0v) is 14.4. The molecule has 1 aliphatic heterocycles. The highest BCUT2D eigenvalue weighted by molar-refractivity contribution is 7.99. The van der Waals surface area contributed by atoms with Crippen LogP contribution in [0.2, 0.25) is 0 Å². The number of benzene rings is 3. The van der Waals surface area contributed by atoms with Crippen LogP contribution in [0.25, 0.3) is 0 Å². The van der Waals surface area contributed by atoms with Crippen molar-refractivity contribution in [1.82, 2.24) is 0 Å². The molecular formula is C23H20S. The summed E-state index contributed by atoms with van der Waals surface area (Å²) in [5, 5.41) is 0. The van der Waals surface area contributed by atoms with E-state index in [9.17, 15) is 0 Å². The summed E-state index contributed by atoms with van der Waals surface area (Å²) >= 11 is 2.12. The zero-order valence-electron chi connectivity index (χ0n) is 13.6. The monoisotopic (exact) mass is 328 g/mol. The van der Waals surface area contributed by atoms with Gasteiger partial charge in [0.25, 0.3) is 0 Å². The van der Waals surface area contributed by atoms with Crippen molar-refractivity contribution in [2.24, 2.45) is 0 Å². The Morgan fingerprint density at radius 3 is 1.46 bits per heavy atom. The summed E-state index contributed by atoms with van der Waals surface area (Å²) < 4.78 is 0. The highest BCUT2D eigenvalue weighted by atomic mass is 32.2. The first-order valence-corrected chi connectivity index (χ1v) is 9.79. The van der Waals surface area contributed by atoms with E-state index in [0.717, 1.165) is 0 Å². The fourth-order valence-electron chi connectivity index (χ4n) is 5.10. The first-order chi connectivity index (χ1) is 11.9. The van der Waals surface area contributed by atoms with Gasteiger partial charge in [0.2, 0.25) is 0 Å². The lowest BCUT2D eigenvalue weighted by molar-refractivity contribution is 0.662. The summed E-state index contributed by atoms with van der Waals surface area (Å²) in [7, 11) is 0. The Morgan fingerprint density at radius 1 is 0.583 bits per heavy atom. The van der Waals surface area contributed by atoms with E-state index in [-0.39, 0.29) is 10.8 Å². The fraction of sp³-hybridized carbons (Fsp3) is 0.217. The normalized spacial score (nSPS) is 30.8. The molecule has 2 aliphatic rings. The quantitative estimate of drug-likeness (QED) is 0.620. The summed E-state index contributed by atoms with van der Waals surface area (Å²) in [6, 6.07) is 33.6. The molecule has 1 heterocycles. The van der Waals surface area contributed by atoms with Crippen LogP contribution in [0.1, 0.15) is 22.6 Å². The van der Waals surface area contributed by atoms with Crippen LogP contribution in [-0.4, -0.2) is 11.5 Å². The second-order valence-electron chi connectivity index (χ2n) is 7.01. The smallest absolute Gasteiger partial charge is 0.0232 e. The van der Waals surface area contributed by atoms with E-state index < -0.39 is 0 Å². The lowest BCUT2D eigenvalue weighted by Crippen LogP contribution is -2.20. The summed E-state index contributed by atoms with van der Waals surface area (Å²) in [5.41, 5.74) is 4.98. The van der Waals surface area contributed by atoms with Gasteiger partial charge in [-0.15, -0.1) is 0 Å². The number of thioether (sulfide) groups is 1. The molecule has 0 N–H and O–H groups in total. The Labute approximate surface area is 147 Å². The average molecular weight is 328 g/mol. The maximum Gasteiger partial charge on any atom is 0.0232 e. The van der Waals surface area contributed by atoms with Crippen molar-refractivity contribution in [2.75, 3.05) is 11.5 Å². The van der Waals surface area contributed by atoms with Crippen LogP contribution in [-0.2, 0) is 10.8 Å². The lowest BCUT2D eigenvalue weighted by Gasteiger charge is -2.18. The van der Waals surface area contributed by atoms with Crippen LogP contribution in [0.3, 0.4) is 0 Å². The van der Waals surface area contributed by atoms with Gasteiger partial charge in [-0.2, -0.15) is 11.8 Å². The molecule has 3 aromatic carbocycles. The van der Waals surface area contributed by atoms with E-state index >= 15 is 0 Å². The summed E-state index contributed by atoms with van der Waals surface area (Å²) in [6.07, 6.45) is 0. The number of hydrogen-bond acceptors (Lipinski definition) is 1. The van der Waals surface area contributed by atoms with E-state index in [1.807, 2.05) is 0 Å². The maximum absolute atomic E-state index is 2.34. The topological polar surface area (TPSA) is 0 Å². The van der Waals surface area contributed by atoms with Crippen molar-refractivity contribution >= 4 is 11.8 Å². The number of hydrogen-bond donors (Lipinski definition) is 0. The van der Waals surface area contributed by atoms with Gasteiger partial charge in [0.1, 0.15) is 0 Å². The molecule has 2 fully saturated rings. The molecule has 0 radical (unpaired) electrons. The minimum absolute atomic E-state index is 0.238. The Morgan fingerprint density at radius 2 is 1.00 bits per heavy atom. The highest BCUT2D eigenvalue weighted by Gasteiger charge is 2.79. The standard InChI is InChI=1S/C23H20S/c1-4-10-18(11-5-1)21-22(19-12-6-2-7-13-19)16-24-17-23(21,22)20-14-8-3-9-15-20/h1-15,21H,16-17H2. The first kappa shape index (κ1) is 14.4. The molecule has 3 aromatic rings. The molecule has 0 spiro atoms. The van der Waals surface area contributed by atoms with Crippen LogP contribution >= 0.6 is 11.8 Å². The van der Waals surface area contributed by atoms with Crippen LogP contribution in [0, 0.1) is 0 Å². The van der Waals surface area contributed by atoms with Crippen molar-refractivity contribution in [2.45, 2.75) is 16.7 Å². The van der Waals surface area contributed by atoms with Gasteiger partial charge in [0.05, 0.1) is 0 Å². The third-order valence-corrected chi connectivity index (χ3v) is 7.39. The Hall–Kier alpha value is -1.99. The van der Waals surface area contributed by atoms with Crippen molar-refractivity contribution in [3.63, 3.8) is 0 Å². The van der Waals surface area contributed by atoms with Gasteiger partial charge in [-0.05, 0) is 16.7 Å². The molecule has 0 nitrogen and oxygen atoms in total. The summed E-state index contributed by atoms with van der Waals surface area (Å²) in [5.74, 6) is 3.01. The third-order valence-electron chi connectivity index (χ3n) is 6.07. The van der Waals surface area contributed by atoms with E-state index in [1.54, 1.807) is 0 Å². The molecule has 2 unspecified atom stereocenters. The number of fused-ring (bicyclic) bond motifs is 1. The summed E-state index contributed by atoms with van der Waals surface area (Å²) in [4.78, 5) is 0. The van der Waals surface area contributed by atoms with Crippen LogP contribution < -0.4 is 0 Å². The molecule has 1 saturated carbocycles. The van der Waals surface area contributed by atoms with Gasteiger partial charge in [-0.3, -0.25) is 0 Å². The van der Waals surface area contributed by atoms with Gasteiger partial charge < -0.3 is 0 Å². The molecule has 0 bridgehead atoms. The molecule has 1 saturated heterocycles. The van der Waals surface area contributed by atoms with Crippen LogP contribution in [0.15, 0.2) is 91.0 Å². The number of rotatable bonds is 3. The first-order valence-electron chi connectivity index (χ1n) is 8.63. The van der Waals surface area contributed by atoms with Gasteiger partial charge in [0, 0.05) is 28.3 Å². The molecule has 0 amide bonds. The molecular weight excluding hydrogens is 308 g/mol. The highest BCUT2D eigenvalue weighted by Crippen LogP contribution is 2.80. The molecule has 1 aliphatic carbocycles. The van der Waals surface area contributed by atoms with E-state index in [0.29, 0.717) is 5.92 Å². The molecule has 0 aromatic heterocycles.